The fraction of sp³-hybridized carbons (Fsp3) is 0.727. The van der Waals surface area contributed by atoms with E-state index >= 15 is 0 Å². The number of nitrogens with one attached hydrogen (secondary N) is 2. The van der Waals surface area contributed by atoms with E-state index < -0.39 is 0 Å². The summed E-state index contributed by atoms with van der Waals surface area (Å²) in [6.07, 6.45) is 4.26. The quantitative estimate of drug-likeness (QED) is 0.375. The first-order valence-electron chi connectivity index (χ1n) is 11.1. The highest BCUT2D eigenvalue weighted by atomic mass is 16.5. The predicted octanol–water partition coefficient (Wildman–Crippen LogP) is 2.36. The summed E-state index contributed by atoms with van der Waals surface area (Å²) < 4.78 is 11.1. The SMILES string of the molecule is CCNC(=NCCCOCC1CCOC1)NC1CCN(c2cccc(C)n2)CC1. The molecule has 7 nitrogen and oxygen atoms in total. The second kappa shape index (κ2) is 12.0. The molecule has 0 bridgehead atoms. The molecule has 0 aliphatic carbocycles. The third kappa shape index (κ3) is 7.48. The van der Waals surface area contributed by atoms with Crippen molar-refractivity contribution < 1.29 is 9.47 Å². The molecule has 162 valence electrons. The lowest BCUT2D eigenvalue weighted by Gasteiger charge is -2.34. The number of piperidine rings is 1. The van der Waals surface area contributed by atoms with Crippen molar-refractivity contribution in [2.24, 2.45) is 10.9 Å². The van der Waals surface area contributed by atoms with Gasteiger partial charge in [-0.2, -0.15) is 0 Å². The lowest BCUT2D eigenvalue weighted by Crippen LogP contribution is -2.49. The van der Waals surface area contributed by atoms with Crippen molar-refractivity contribution >= 4 is 11.8 Å². The molecule has 2 fully saturated rings. The van der Waals surface area contributed by atoms with Crippen LogP contribution in [0.3, 0.4) is 0 Å². The summed E-state index contributed by atoms with van der Waals surface area (Å²) in [5, 5.41) is 6.98. The van der Waals surface area contributed by atoms with Crippen LogP contribution in [0, 0.1) is 12.8 Å². The number of ether oxygens (including phenoxy) is 2. The monoisotopic (exact) mass is 403 g/mol. The number of rotatable bonds is 9. The van der Waals surface area contributed by atoms with E-state index in [2.05, 4.69) is 39.6 Å². The Hall–Kier alpha value is -1.86. The van der Waals surface area contributed by atoms with Crippen LogP contribution in [-0.2, 0) is 9.47 Å². The van der Waals surface area contributed by atoms with Gasteiger partial charge in [-0.25, -0.2) is 4.98 Å². The number of hydrogen-bond donors (Lipinski definition) is 2. The smallest absolute Gasteiger partial charge is 0.191 e. The van der Waals surface area contributed by atoms with Crippen molar-refractivity contribution in [1.82, 2.24) is 15.6 Å². The van der Waals surface area contributed by atoms with E-state index in [4.69, 9.17) is 14.5 Å². The molecule has 1 aromatic rings. The van der Waals surface area contributed by atoms with E-state index in [0.717, 1.165) is 95.8 Å². The van der Waals surface area contributed by atoms with Gasteiger partial charge in [0.1, 0.15) is 5.82 Å². The van der Waals surface area contributed by atoms with Gasteiger partial charge < -0.3 is 25.0 Å². The van der Waals surface area contributed by atoms with Crippen molar-refractivity contribution in [3.63, 3.8) is 0 Å². The zero-order valence-corrected chi connectivity index (χ0v) is 18.0. The second-order valence-electron chi connectivity index (χ2n) is 7.96. The van der Waals surface area contributed by atoms with Crippen LogP contribution in [0.1, 0.15) is 38.3 Å². The van der Waals surface area contributed by atoms with Gasteiger partial charge in [0, 0.05) is 57.0 Å². The highest BCUT2D eigenvalue weighted by molar-refractivity contribution is 5.80. The summed E-state index contributed by atoms with van der Waals surface area (Å²) in [6, 6.07) is 6.69. The molecule has 0 radical (unpaired) electrons. The molecule has 0 amide bonds. The van der Waals surface area contributed by atoms with Crippen molar-refractivity contribution in [3.05, 3.63) is 23.9 Å². The van der Waals surface area contributed by atoms with E-state index in [9.17, 15) is 0 Å². The molecular formula is C22H37N5O2. The van der Waals surface area contributed by atoms with Crippen molar-refractivity contribution in [2.75, 3.05) is 57.5 Å². The normalized spacial score (nSPS) is 20.8. The Morgan fingerprint density at radius 1 is 1.31 bits per heavy atom. The van der Waals surface area contributed by atoms with Crippen LogP contribution in [0.15, 0.2) is 23.2 Å². The van der Waals surface area contributed by atoms with Crippen LogP contribution in [0.2, 0.25) is 0 Å². The molecule has 2 aliphatic heterocycles. The minimum atomic E-state index is 0.451. The number of aliphatic imine (C=N–C) groups is 1. The van der Waals surface area contributed by atoms with E-state index in [1.807, 2.05) is 13.0 Å². The summed E-state index contributed by atoms with van der Waals surface area (Å²) >= 11 is 0. The largest absolute Gasteiger partial charge is 0.381 e. The minimum absolute atomic E-state index is 0.451. The van der Waals surface area contributed by atoms with E-state index in [1.165, 1.54) is 0 Å². The molecule has 0 saturated carbocycles. The Labute approximate surface area is 175 Å². The van der Waals surface area contributed by atoms with Gasteiger partial charge in [-0.05, 0) is 51.7 Å². The lowest BCUT2D eigenvalue weighted by molar-refractivity contribution is 0.0893. The zero-order valence-electron chi connectivity index (χ0n) is 18.0. The van der Waals surface area contributed by atoms with Gasteiger partial charge >= 0.3 is 0 Å². The number of hydrogen-bond acceptors (Lipinski definition) is 5. The van der Waals surface area contributed by atoms with Crippen molar-refractivity contribution in [1.29, 1.82) is 0 Å². The molecule has 1 unspecified atom stereocenters. The number of aromatic nitrogens is 1. The highest BCUT2D eigenvalue weighted by Crippen LogP contribution is 2.18. The Balaban J connectivity index is 1.35. The molecule has 3 rings (SSSR count). The average molecular weight is 404 g/mol. The maximum Gasteiger partial charge on any atom is 0.191 e. The Bertz CT molecular complexity index is 625. The molecule has 3 heterocycles. The van der Waals surface area contributed by atoms with E-state index in [0.29, 0.717) is 12.0 Å². The number of pyridine rings is 1. The fourth-order valence-corrected chi connectivity index (χ4v) is 3.79. The summed E-state index contributed by atoms with van der Waals surface area (Å²) in [4.78, 5) is 11.8. The Morgan fingerprint density at radius 3 is 2.90 bits per heavy atom. The van der Waals surface area contributed by atoms with E-state index in [1.54, 1.807) is 0 Å². The molecule has 2 saturated heterocycles. The number of guanidine groups is 1. The van der Waals surface area contributed by atoms with E-state index in [-0.39, 0.29) is 0 Å². The third-order valence-corrected chi connectivity index (χ3v) is 5.47. The molecule has 0 aromatic carbocycles. The van der Waals surface area contributed by atoms with Crippen LogP contribution in [-0.4, -0.2) is 69.6 Å². The third-order valence-electron chi connectivity index (χ3n) is 5.47. The first-order valence-corrected chi connectivity index (χ1v) is 11.1. The van der Waals surface area contributed by atoms with Gasteiger partial charge in [-0.15, -0.1) is 0 Å². The minimum Gasteiger partial charge on any atom is -0.381 e. The summed E-state index contributed by atoms with van der Waals surface area (Å²) in [6.45, 7) is 11.2. The maximum atomic E-state index is 5.77. The van der Waals surface area contributed by atoms with Crippen molar-refractivity contribution in [3.8, 4) is 0 Å². The second-order valence-corrected chi connectivity index (χ2v) is 7.96. The summed E-state index contributed by atoms with van der Waals surface area (Å²) in [5.41, 5.74) is 1.07. The molecule has 2 N–H and O–H groups in total. The standard InChI is InChI=1S/C22H37N5O2/c1-3-23-22(24-11-5-14-28-16-19-10-15-29-17-19)26-20-8-12-27(13-9-20)21-7-4-6-18(2)25-21/h4,6-7,19-20H,3,5,8-17H2,1-2H3,(H2,23,24,26). The lowest BCUT2D eigenvalue weighted by atomic mass is 10.1. The molecule has 29 heavy (non-hydrogen) atoms. The topological polar surface area (TPSA) is 71.0 Å². The van der Waals surface area contributed by atoms with Gasteiger partial charge in [-0.1, -0.05) is 6.07 Å². The zero-order chi connectivity index (χ0) is 20.3. The number of nitrogens with zero attached hydrogens (tertiary/aromatic N) is 3. The molecule has 1 aromatic heterocycles. The van der Waals surface area contributed by atoms with Crippen LogP contribution in [0.5, 0.6) is 0 Å². The first-order chi connectivity index (χ1) is 14.2. The fourth-order valence-electron chi connectivity index (χ4n) is 3.79. The average Bonchev–Trinajstić information content (AvgIpc) is 3.25. The molecule has 0 spiro atoms. The molecule has 7 heteroatoms. The van der Waals surface area contributed by atoms with Gasteiger partial charge in [0.05, 0.1) is 13.2 Å². The highest BCUT2D eigenvalue weighted by Gasteiger charge is 2.21. The van der Waals surface area contributed by atoms with Gasteiger partial charge in [0.2, 0.25) is 0 Å². The predicted molar refractivity (Wildman–Crippen MR) is 118 cm³/mol. The number of aryl methyl sites for hydroxylation is 1. The van der Waals surface area contributed by atoms with Crippen LogP contribution in [0.4, 0.5) is 5.82 Å². The van der Waals surface area contributed by atoms with Gasteiger partial charge in [0.25, 0.3) is 0 Å². The first kappa shape index (κ1) is 21.8. The van der Waals surface area contributed by atoms with Crippen molar-refractivity contribution in [2.45, 2.75) is 45.6 Å². The van der Waals surface area contributed by atoms with Gasteiger partial charge in [0.15, 0.2) is 5.96 Å². The summed E-state index contributed by atoms with van der Waals surface area (Å²) in [7, 11) is 0. The molecule has 1 atom stereocenters. The van der Waals surface area contributed by atoms with Crippen LogP contribution >= 0.6 is 0 Å². The molecule has 2 aliphatic rings. The molecular weight excluding hydrogens is 366 g/mol. The number of anilines is 1. The van der Waals surface area contributed by atoms with Crippen LogP contribution < -0.4 is 15.5 Å². The Morgan fingerprint density at radius 2 is 2.17 bits per heavy atom. The van der Waals surface area contributed by atoms with Gasteiger partial charge in [-0.3, -0.25) is 4.99 Å². The maximum absolute atomic E-state index is 5.77. The van der Waals surface area contributed by atoms with Crippen LogP contribution in [0.25, 0.3) is 0 Å². The Kier molecular flexibility index (Phi) is 9.02. The summed E-state index contributed by atoms with van der Waals surface area (Å²) in [5.74, 6) is 2.59.